The highest BCUT2D eigenvalue weighted by Gasteiger charge is 2.32. The second-order valence-electron chi connectivity index (χ2n) is 4.13. The molecule has 1 aliphatic carbocycles. The number of ether oxygens (including phenoxy) is 1. The molecular weight excluding hydrogens is 315 g/mol. The molecule has 0 heterocycles. The summed E-state index contributed by atoms with van der Waals surface area (Å²) in [5, 5.41) is 0. The van der Waals surface area contributed by atoms with Gasteiger partial charge in [0.05, 0.1) is 12.2 Å². The molecule has 1 aliphatic rings. The highest BCUT2D eigenvalue weighted by atomic mass is 127. The van der Waals surface area contributed by atoms with Crippen molar-refractivity contribution in [3.63, 3.8) is 0 Å². The first-order valence-electron chi connectivity index (χ1n) is 5.69. The first-order chi connectivity index (χ1) is 7.72. The third kappa shape index (κ3) is 2.75. The summed E-state index contributed by atoms with van der Waals surface area (Å²) in [6, 6.07) is 5.83. The molecule has 2 nitrogen and oxygen atoms in total. The number of Topliss-reactive ketones (excluding diaryl/α,β-unsaturated/α-hetero) is 1. The van der Waals surface area contributed by atoms with Crippen LogP contribution in [0.1, 0.15) is 36.5 Å². The summed E-state index contributed by atoms with van der Waals surface area (Å²) in [6.45, 7) is 2.74. The highest BCUT2D eigenvalue weighted by Crippen LogP contribution is 2.35. The van der Waals surface area contributed by atoms with Gasteiger partial charge in [-0.25, -0.2) is 0 Å². The molecule has 2 rings (SSSR count). The molecule has 1 aromatic rings. The van der Waals surface area contributed by atoms with Gasteiger partial charge in [-0.3, -0.25) is 4.79 Å². The number of carbonyl (C=O) groups excluding carboxylic acids is 1. The molecule has 3 heteroatoms. The van der Waals surface area contributed by atoms with Crippen LogP contribution in [0.3, 0.4) is 0 Å². The number of benzene rings is 1. The average molecular weight is 330 g/mol. The summed E-state index contributed by atoms with van der Waals surface area (Å²) in [4.78, 5) is 12.1. The fourth-order valence-electron chi connectivity index (χ4n) is 1.60. The highest BCUT2D eigenvalue weighted by molar-refractivity contribution is 14.1. The third-order valence-electron chi connectivity index (χ3n) is 2.62. The smallest absolute Gasteiger partial charge is 0.169 e. The maximum absolute atomic E-state index is 12.1. The van der Waals surface area contributed by atoms with E-state index in [0.29, 0.717) is 6.61 Å². The third-order valence-corrected chi connectivity index (χ3v) is 3.29. The van der Waals surface area contributed by atoms with E-state index in [9.17, 15) is 4.79 Å². The van der Waals surface area contributed by atoms with Gasteiger partial charge in [-0.15, -0.1) is 0 Å². The molecule has 1 saturated carbocycles. The van der Waals surface area contributed by atoms with E-state index < -0.39 is 0 Å². The van der Waals surface area contributed by atoms with Crippen LogP contribution in [0, 0.1) is 9.49 Å². The molecule has 1 fully saturated rings. The van der Waals surface area contributed by atoms with E-state index in [0.717, 1.165) is 34.1 Å². The van der Waals surface area contributed by atoms with Gasteiger partial charge in [-0.05, 0) is 60.1 Å². The number of carbonyl (C=O) groups is 1. The molecule has 0 atom stereocenters. The summed E-state index contributed by atoms with van der Waals surface area (Å²) < 4.78 is 6.70. The van der Waals surface area contributed by atoms with Crippen molar-refractivity contribution in [2.24, 2.45) is 5.92 Å². The van der Waals surface area contributed by atoms with Crippen molar-refractivity contribution >= 4 is 28.4 Å². The molecule has 0 bridgehead atoms. The standard InChI is InChI=1S/C13H15IO2/c1-2-7-16-12-6-5-10(14)8-11(12)13(15)9-3-4-9/h5-6,8-9H,2-4,7H2,1H3. The Hall–Kier alpha value is -0.580. The van der Waals surface area contributed by atoms with E-state index in [1.807, 2.05) is 18.2 Å². The van der Waals surface area contributed by atoms with Gasteiger partial charge in [0, 0.05) is 9.49 Å². The molecule has 0 aromatic heterocycles. The Morgan fingerprint density at radius 2 is 2.25 bits per heavy atom. The largest absolute Gasteiger partial charge is 0.493 e. The van der Waals surface area contributed by atoms with Crippen LogP contribution in [0.4, 0.5) is 0 Å². The summed E-state index contributed by atoms with van der Waals surface area (Å²) in [6.07, 6.45) is 3.04. The molecule has 1 aromatic carbocycles. The van der Waals surface area contributed by atoms with Crippen LogP contribution in [0.25, 0.3) is 0 Å². The van der Waals surface area contributed by atoms with Crippen LogP contribution in [-0.2, 0) is 0 Å². The first kappa shape index (κ1) is 11.9. The molecule has 0 saturated heterocycles. The van der Waals surface area contributed by atoms with Gasteiger partial charge in [-0.2, -0.15) is 0 Å². The van der Waals surface area contributed by atoms with Crippen LogP contribution in [0.15, 0.2) is 18.2 Å². The molecule has 16 heavy (non-hydrogen) atoms. The quantitative estimate of drug-likeness (QED) is 0.608. The first-order valence-corrected chi connectivity index (χ1v) is 6.76. The molecule has 0 aliphatic heterocycles. The topological polar surface area (TPSA) is 26.3 Å². The van der Waals surface area contributed by atoms with E-state index in [1.165, 1.54) is 0 Å². The summed E-state index contributed by atoms with van der Waals surface area (Å²) in [5.74, 6) is 1.26. The second-order valence-corrected chi connectivity index (χ2v) is 5.37. The molecule has 0 radical (unpaired) electrons. The lowest BCUT2D eigenvalue weighted by atomic mass is 10.1. The number of hydrogen-bond acceptors (Lipinski definition) is 2. The Bertz CT molecular complexity index is 397. The predicted molar refractivity (Wildman–Crippen MR) is 72.0 cm³/mol. The minimum absolute atomic E-state index is 0.252. The Kier molecular flexibility index (Phi) is 3.84. The van der Waals surface area contributed by atoms with Gasteiger partial charge < -0.3 is 4.74 Å². The van der Waals surface area contributed by atoms with Crippen molar-refractivity contribution < 1.29 is 9.53 Å². The van der Waals surface area contributed by atoms with E-state index in [4.69, 9.17) is 4.74 Å². The van der Waals surface area contributed by atoms with Gasteiger partial charge in [0.25, 0.3) is 0 Å². The maximum atomic E-state index is 12.1. The fraction of sp³-hybridized carbons (Fsp3) is 0.462. The SMILES string of the molecule is CCCOc1ccc(I)cc1C(=O)C1CC1. The number of rotatable bonds is 5. The molecule has 86 valence electrons. The van der Waals surface area contributed by atoms with Crippen LogP contribution in [0.2, 0.25) is 0 Å². The van der Waals surface area contributed by atoms with E-state index in [2.05, 4.69) is 29.5 Å². The minimum Gasteiger partial charge on any atom is -0.493 e. The lowest BCUT2D eigenvalue weighted by Crippen LogP contribution is -2.06. The number of hydrogen-bond donors (Lipinski definition) is 0. The Morgan fingerprint density at radius 1 is 1.50 bits per heavy atom. The molecule has 0 amide bonds. The number of halogens is 1. The summed E-state index contributed by atoms with van der Waals surface area (Å²) >= 11 is 2.23. The van der Waals surface area contributed by atoms with Crippen LogP contribution in [-0.4, -0.2) is 12.4 Å². The number of ketones is 1. The zero-order valence-electron chi connectivity index (χ0n) is 9.33. The monoisotopic (exact) mass is 330 g/mol. The lowest BCUT2D eigenvalue weighted by Gasteiger charge is -2.10. The summed E-state index contributed by atoms with van der Waals surface area (Å²) in [5.41, 5.74) is 0.767. The molecule has 0 N–H and O–H groups in total. The maximum Gasteiger partial charge on any atom is 0.169 e. The van der Waals surface area contributed by atoms with Crippen molar-refractivity contribution in [2.75, 3.05) is 6.61 Å². The Balaban J connectivity index is 2.24. The van der Waals surface area contributed by atoms with E-state index in [1.54, 1.807) is 0 Å². The van der Waals surface area contributed by atoms with Crippen molar-refractivity contribution in [3.8, 4) is 5.75 Å². The van der Waals surface area contributed by atoms with Crippen molar-refractivity contribution in [2.45, 2.75) is 26.2 Å². The second kappa shape index (κ2) is 5.17. The molecular formula is C13H15IO2. The molecule has 0 unspecified atom stereocenters. The van der Waals surface area contributed by atoms with Crippen molar-refractivity contribution in [1.82, 2.24) is 0 Å². The average Bonchev–Trinajstić information content (AvgIpc) is 3.10. The van der Waals surface area contributed by atoms with Crippen molar-refractivity contribution in [1.29, 1.82) is 0 Å². The van der Waals surface area contributed by atoms with Crippen molar-refractivity contribution in [3.05, 3.63) is 27.3 Å². The minimum atomic E-state index is 0.252. The van der Waals surface area contributed by atoms with E-state index in [-0.39, 0.29) is 11.7 Å². The van der Waals surface area contributed by atoms with Crippen LogP contribution < -0.4 is 4.74 Å². The van der Waals surface area contributed by atoms with Gasteiger partial charge in [0.2, 0.25) is 0 Å². The zero-order valence-corrected chi connectivity index (χ0v) is 11.5. The molecule has 0 spiro atoms. The van der Waals surface area contributed by atoms with Crippen LogP contribution in [0.5, 0.6) is 5.75 Å². The fourth-order valence-corrected chi connectivity index (χ4v) is 2.09. The summed E-state index contributed by atoms with van der Waals surface area (Å²) in [7, 11) is 0. The van der Waals surface area contributed by atoms with Gasteiger partial charge in [-0.1, -0.05) is 6.92 Å². The lowest BCUT2D eigenvalue weighted by molar-refractivity contribution is 0.0963. The van der Waals surface area contributed by atoms with E-state index >= 15 is 0 Å². The van der Waals surface area contributed by atoms with Gasteiger partial charge in [0.15, 0.2) is 5.78 Å². The van der Waals surface area contributed by atoms with Crippen LogP contribution >= 0.6 is 22.6 Å². The normalized spacial score (nSPS) is 14.9. The van der Waals surface area contributed by atoms with Gasteiger partial charge in [0.1, 0.15) is 5.75 Å². The Morgan fingerprint density at radius 3 is 2.88 bits per heavy atom. The zero-order chi connectivity index (χ0) is 11.5. The Labute approximate surface area is 110 Å². The predicted octanol–water partition coefficient (Wildman–Crippen LogP) is 3.67. The van der Waals surface area contributed by atoms with Gasteiger partial charge >= 0.3 is 0 Å².